The summed E-state index contributed by atoms with van der Waals surface area (Å²) >= 11 is 0. The maximum atomic E-state index is 12.9. The van der Waals surface area contributed by atoms with Crippen molar-refractivity contribution in [1.82, 2.24) is 10.3 Å². The molecule has 42 heavy (non-hydrogen) atoms. The van der Waals surface area contributed by atoms with Crippen molar-refractivity contribution >= 4 is 17.3 Å². The van der Waals surface area contributed by atoms with Crippen molar-refractivity contribution in [2.45, 2.75) is 44.8 Å². The summed E-state index contributed by atoms with van der Waals surface area (Å²) in [7, 11) is 0. The van der Waals surface area contributed by atoms with Crippen molar-refractivity contribution in [2.24, 2.45) is 11.0 Å². The third-order valence-electron chi connectivity index (χ3n) is 9.10. The normalized spacial score (nSPS) is 21.2. The number of hydrogen-bond acceptors (Lipinski definition) is 4. The van der Waals surface area contributed by atoms with Crippen LogP contribution >= 0.6 is 0 Å². The topological polar surface area (TPSA) is 56.7 Å². The largest absolute Gasteiger partial charge is 0.378 e. The second-order valence-corrected chi connectivity index (χ2v) is 11.8. The Kier molecular flexibility index (Phi) is 7.18. The summed E-state index contributed by atoms with van der Waals surface area (Å²) in [5.41, 5.74) is 13.1. The first-order valence-corrected chi connectivity index (χ1v) is 15.0. The molecule has 0 spiro atoms. The summed E-state index contributed by atoms with van der Waals surface area (Å²) in [5, 5.41) is 8.28. The summed E-state index contributed by atoms with van der Waals surface area (Å²) < 4.78 is 0. The molecule has 0 saturated carbocycles. The van der Waals surface area contributed by atoms with E-state index in [2.05, 4.69) is 118 Å². The zero-order valence-electron chi connectivity index (χ0n) is 24.0. The summed E-state index contributed by atoms with van der Waals surface area (Å²) in [6.45, 7) is 4.85. The lowest BCUT2D eigenvalue weighted by molar-refractivity contribution is 0.0955. The van der Waals surface area contributed by atoms with Gasteiger partial charge in [0, 0.05) is 36.8 Å². The molecule has 3 aliphatic rings. The molecule has 0 radical (unpaired) electrons. The van der Waals surface area contributed by atoms with Gasteiger partial charge in [-0.15, -0.1) is 0 Å². The van der Waals surface area contributed by atoms with Gasteiger partial charge in [0.1, 0.15) is 0 Å². The van der Waals surface area contributed by atoms with E-state index >= 15 is 0 Å². The van der Waals surface area contributed by atoms with Gasteiger partial charge in [0.15, 0.2) is 0 Å². The number of amides is 1. The van der Waals surface area contributed by atoms with Crippen LogP contribution in [0.1, 0.15) is 69.0 Å². The minimum atomic E-state index is -0.197. The van der Waals surface area contributed by atoms with E-state index in [1.807, 2.05) is 19.1 Å². The van der Waals surface area contributed by atoms with Crippen LogP contribution in [0.3, 0.4) is 0 Å². The highest BCUT2D eigenvalue weighted by Crippen LogP contribution is 2.49. The van der Waals surface area contributed by atoms with Gasteiger partial charge >= 0.3 is 0 Å². The fourth-order valence-electron chi connectivity index (χ4n) is 6.78. The summed E-state index contributed by atoms with van der Waals surface area (Å²) in [6.07, 6.45) is 6.81. The SMILES string of the molecule is C/C(=N/NC(=O)c1ccc(CN2CCc3ccccc3C2)cc1)c1ccc2c(c1)[C@@H]1C=CC[C@@H]1[C@H](c1ccccc1)N2. The van der Waals surface area contributed by atoms with Crippen LogP contribution in [-0.2, 0) is 19.5 Å². The first kappa shape index (κ1) is 26.4. The van der Waals surface area contributed by atoms with E-state index in [0.29, 0.717) is 23.4 Å². The van der Waals surface area contributed by atoms with Gasteiger partial charge in [-0.3, -0.25) is 9.69 Å². The predicted molar refractivity (Wildman–Crippen MR) is 170 cm³/mol. The first-order chi connectivity index (χ1) is 20.6. The van der Waals surface area contributed by atoms with E-state index in [-0.39, 0.29) is 5.91 Å². The van der Waals surface area contributed by atoms with Crippen LogP contribution in [0.4, 0.5) is 5.69 Å². The summed E-state index contributed by atoms with van der Waals surface area (Å²) in [4.78, 5) is 15.4. The van der Waals surface area contributed by atoms with Crippen molar-refractivity contribution < 1.29 is 4.79 Å². The molecule has 0 fully saturated rings. The van der Waals surface area contributed by atoms with Crippen LogP contribution in [0.2, 0.25) is 0 Å². The maximum absolute atomic E-state index is 12.9. The molecular weight excluding hydrogens is 516 g/mol. The smallest absolute Gasteiger partial charge is 0.271 e. The number of carbonyl (C=O) groups excluding carboxylic acids is 1. The third-order valence-corrected chi connectivity index (χ3v) is 9.10. The molecule has 4 aromatic rings. The number of carbonyl (C=O) groups is 1. The van der Waals surface area contributed by atoms with Gasteiger partial charge < -0.3 is 5.32 Å². The lowest BCUT2D eigenvalue weighted by atomic mass is 9.76. The third kappa shape index (κ3) is 5.28. The van der Waals surface area contributed by atoms with E-state index in [9.17, 15) is 4.79 Å². The first-order valence-electron chi connectivity index (χ1n) is 15.0. The Balaban J connectivity index is 1.00. The van der Waals surface area contributed by atoms with Gasteiger partial charge in [-0.1, -0.05) is 84.9 Å². The molecule has 1 aliphatic carbocycles. The molecule has 0 unspecified atom stereocenters. The van der Waals surface area contributed by atoms with Gasteiger partial charge in [0.05, 0.1) is 11.8 Å². The van der Waals surface area contributed by atoms with Crippen LogP contribution in [0.25, 0.3) is 0 Å². The fraction of sp³-hybridized carbons (Fsp3) is 0.243. The average Bonchev–Trinajstić information content (AvgIpc) is 3.54. The van der Waals surface area contributed by atoms with Crippen LogP contribution in [0.5, 0.6) is 0 Å². The molecule has 0 bridgehead atoms. The Morgan fingerprint density at radius 3 is 2.52 bits per heavy atom. The van der Waals surface area contributed by atoms with Crippen molar-refractivity contribution in [2.75, 3.05) is 11.9 Å². The van der Waals surface area contributed by atoms with Crippen molar-refractivity contribution in [3.05, 3.63) is 148 Å². The van der Waals surface area contributed by atoms with Crippen molar-refractivity contribution in [3.8, 4) is 0 Å². The molecule has 7 rings (SSSR count). The highest BCUT2D eigenvalue weighted by atomic mass is 16.2. The molecule has 4 aromatic carbocycles. The Bertz CT molecular complexity index is 1660. The standard InChI is InChI=1S/C37H36N4O/c1-25(30-18-19-35-34(22-30)32-12-7-13-33(32)36(38-35)28-9-3-2-4-10-28)39-40-37(42)29-16-14-26(15-17-29)23-41-21-20-27-8-5-6-11-31(27)24-41/h2-12,14-19,22,32-33,36,38H,13,20-21,23-24H2,1H3,(H,40,42)/b39-25-/t32-,33+,36+/m1/s1. The lowest BCUT2D eigenvalue weighted by Gasteiger charge is -2.37. The number of hydrazone groups is 1. The molecular formula is C37H36N4O. The highest BCUT2D eigenvalue weighted by Gasteiger charge is 2.37. The molecule has 0 saturated heterocycles. The van der Waals surface area contributed by atoms with E-state index in [0.717, 1.165) is 43.8 Å². The molecule has 0 aromatic heterocycles. The number of anilines is 1. The quantitative estimate of drug-likeness (QED) is 0.151. The summed E-state index contributed by atoms with van der Waals surface area (Å²) in [5.74, 6) is 0.657. The van der Waals surface area contributed by atoms with Crippen molar-refractivity contribution in [1.29, 1.82) is 0 Å². The summed E-state index contributed by atoms with van der Waals surface area (Å²) in [6, 6.07) is 34.1. The van der Waals surface area contributed by atoms with Crippen molar-refractivity contribution in [3.63, 3.8) is 0 Å². The fourth-order valence-corrected chi connectivity index (χ4v) is 6.78. The molecule has 5 heteroatoms. The van der Waals surface area contributed by atoms with E-state index in [4.69, 9.17) is 0 Å². The zero-order valence-corrected chi connectivity index (χ0v) is 24.0. The maximum Gasteiger partial charge on any atom is 0.271 e. The van der Waals surface area contributed by atoms with E-state index < -0.39 is 0 Å². The Morgan fingerprint density at radius 2 is 1.69 bits per heavy atom. The lowest BCUT2D eigenvalue weighted by Crippen LogP contribution is -2.30. The number of fused-ring (bicyclic) bond motifs is 4. The van der Waals surface area contributed by atoms with Gasteiger partial charge in [0.25, 0.3) is 5.91 Å². The Morgan fingerprint density at radius 1 is 0.929 bits per heavy atom. The number of hydrogen-bond donors (Lipinski definition) is 2. The number of rotatable bonds is 6. The van der Waals surface area contributed by atoms with Gasteiger partial charge in [-0.25, -0.2) is 5.43 Å². The molecule has 2 heterocycles. The van der Waals surface area contributed by atoms with Gasteiger partial charge in [-0.2, -0.15) is 5.10 Å². The number of nitrogens with zero attached hydrogens (tertiary/aromatic N) is 2. The minimum absolute atomic E-state index is 0.197. The molecule has 2 aliphatic heterocycles. The second-order valence-electron chi connectivity index (χ2n) is 11.8. The number of nitrogens with one attached hydrogen (secondary N) is 2. The van der Waals surface area contributed by atoms with E-state index in [1.54, 1.807) is 0 Å². The molecule has 1 amide bonds. The number of allylic oxidation sites excluding steroid dienone is 2. The highest BCUT2D eigenvalue weighted by molar-refractivity contribution is 6.01. The Hall–Kier alpha value is -4.48. The molecule has 2 N–H and O–H groups in total. The van der Waals surface area contributed by atoms with Gasteiger partial charge in [0.2, 0.25) is 0 Å². The minimum Gasteiger partial charge on any atom is -0.378 e. The Labute approximate surface area is 248 Å². The molecule has 3 atom stereocenters. The zero-order chi connectivity index (χ0) is 28.5. The van der Waals surface area contributed by atoms with Crippen LogP contribution in [0.15, 0.2) is 114 Å². The second kappa shape index (κ2) is 11.4. The van der Waals surface area contributed by atoms with Gasteiger partial charge in [-0.05, 0) is 83.3 Å². The molecule has 210 valence electrons. The monoisotopic (exact) mass is 552 g/mol. The number of benzene rings is 4. The average molecular weight is 553 g/mol. The van der Waals surface area contributed by atoms with Crippen LogP contribution < -0.4 is 10.7 Å². The van der Waals surface area contributed by atoms with E-state index in [1.165, 1.54) is 33.5 Å². The van der Waals surface area contributed by atoms with Crippen LogP contribution in [0, 0.1) is 5.92 Å². The van der Waals surface area contributed by atoms with Crippen LogP contribution in [-0.4, -0.2) is 23.1 Å². The predicted octanol–water partition coefficient (Wildman–Crippen LogP) is 7.23. The molecule has 5 nitrogen and oxygen atoms in total.